The van der Waals surface area contributed by atoms with Gasteiger partial charge in [-0.1, -0.05) is 31.9 Å². The second-order valence-corrected chi connectivity index (χ2v) is 4.55. The Labute approximate surface area is 118 Å². The van der Waals surface area contributed by atoms with Crippen LogP contribution in [-0.2, 0) is 9.53 Å². The van der Waals surface area contributed by atoms with E-state index >= 15 is 0 Å². The summed E-state index contributed by atoms with van der Waals surface area (Å²) in [7, 11) is 0. The van der Waals surface area contributed by atoms with E-state index in [4.69, 9.17) is 4.74 Å². The summed E-state index contributed by atoms with van der Waals surface area (Å²) in [5.74, 6) is -1.75. The normalized spacial score (nSPS) is 11.8. The number of esters is 1. The second-order valence-electron chi connectivity index (χ2n) is 4.55. The van der Waals surface area contributed by atoms with E-state index in [0.717, 1.165) is 19.3 Å². The fraction of sp³-hybridized carbons (Fsp3) is 0.467. The van der Waals surface area contributed by atoms with Crippen LogP contribution in [-0.4, -0.2) is 24.5 Å². The van der Waals surface area contributed by atoms with Crippen LogP contribution in [0, 0.1) is 5.82 Å². The van der Waals surface area contributed by atoms with Gasteiger partial charge in [-0.05, 0) is 25.5 Å². The van der Waals surface area contributed by atoms with Crippen LogP contribution in [0.4, 0.5) is 4.39 Å². The molecule has 1 atom stereocenters. The first kappa shape index (κ1) is 16.1. The van der Waals surface area contributed by atoms with Crippen molar-refractivity contribution in [2.24, 2.45) is 0 Å². The third-order valence-electron chi connectivity index (χ3n) is 2.81. The summed E-state index contributed by atoms with van der Waals surface area (Å²) in [5.41, 5.74) is -0.0851. The van der Waals surface area contributed by atoms with Gasteiger partial charge in [0.2, 0.25) is 0 Å². The predicted octanol–water partition coefficient (Wildman–Crippen LogP) is 2.68. The molecule has 0 aliphatic heterocycles. The van der Waals surface area contributed by atoms with Gasteiger partial charge in [-0.2, -0.15) is 0 Å². The van der Waals surface area contributed by atoms with Crippen LogP contribution in [0.1, 0.15) is 43.5 Å². The van der Waals surface area contributed by atoms with E-state index in [-0.39, 0.29) is 5.56 Å². The number of amides is 1. The molecular weight excluding hydrogens is 261 g/mol. The van der Waals surface area contributed by atoms with Gasteiger partial charge in [-0.25, -0.2) is 9.18 Å². The lowest BCUT2D eigenvalue weighted by Gasteiger charge is -2.13. The third-order valence-corrected chi connectivity index (χ3v) is 2.81. The van der Waals surface area contributed by atoms with Gasteiger partial charge in [0.15, 0.2) is 0 Å². The van der Waals surface area contributed by atoms with Crippen LogP contribution in [0.15, 0.2) is 24.3 Å². The van der Waals surface area contributed by atoms with Crippen LogP contribution in [0.25, 0.3) is 0 Å². The molecule has 0 aliphatic rings. The molecule has 4 nitrogen and oxygen atoms in total. The smallest absolute Gasteiger partial charge is 0.328 e. The highest BCUT2D eigenvalue weighted by Gasteiger charge is 2.19. The lowest BCUT2D eigenvalue weighted by Crippen LogP contribution is -2.40. The van der Waals surface area contributed by atoms with Crippen LogP contribution in [0.5, 0.6) is 0 Å². The highest BCUT2D eigenvalue weighted by molar-refractivity contribution is 5.96. The summed E-state index contributed by atoms with van der Waals surface area (Å²) in [6.45, 7) is 3.91. The Morgan fingerprint density at radius 3 is 2.65 bits per heavy atom. The molecule has 0 fully saturated rings. The van der Waals surface area contributed by atoms with Crippen molar-refractivity contribution >= 4 is 11.9 Å². The lowest BCUT2D eigenvalue weighted by atomic mass is 10.2. The van der Waals surface area contributed by atoms with Gasteiger partial charge >= 0.3 is 5.97 Å². The number of halogens is 1. The average molecular weight is 281 g/mol. The minimum atomic E-state index is -0.802. The van der Waals surface area contributed by atoms with E-state index in [0.29, 0.717) is 6.61 Å². The Bertz CT molecular complexity index is 462. The van der Waals surface area contributed by atoms with Crippen molar-refractivity contribution in [3.63, 3.8) is 0 Å². The molecule has 1 aromatic rings. The average Bonchev–Trinajstić information content (AvgIpc) is 2.43. The van der Waals surface area contributed by atoms with E-state index in [1.165, 1.54) is 25.1 Å². The molecule has 0 heterocycles. The summed E-state index contributed by atoms with van der Waals surface area (Å²) in [6, 6.07) is 4.82. The monoisotopic (exact) mass is 281 g/mol. The van der Waals surface area contributed by atoms with E-state index in [2.05, 4.69) is 12.2 Å². The highest BCUT2D eigenvalue weighted by atomic mass is 19.1. The molecule has 20 heavy (non-hydrogen) atoms. The maximum absolute atomic E-state index is 13.4. The Hall–Kier alpha value is -1.91. The molecule has 0 radical (unpaired) electrons. The predicted molar refractivity (Wildman–Crippen MR) is 73.8 cm³/mol. The van der Waals surface area contributed by atoms with Crippen molar-refractivity contribution in [3.8, 4) is 0 Å². The molecule has 1 rings (SSSR count). The van der Waals surface area contributed by atoms with E-state index in [9.17, 15) is 14.0 Å². The Balaban J connectivity index is 2.45. The standard InChI is InChI=1S/C15H20FNO3/c1-3-4-7-10-20-15(19)11(2)17-14(18)12-8-5-6-9-13(12)16/h5-6,8-9,11H,3-4,7,10H2,1-2H3,(H,17,18). The molecule has 0 bridgehead atoms. The fourth-order valence-electron chi connectivity index (χ4n) is 1.63. The number of ether oxygens (including phenoxy) is 1. The number of carbonyl (C=O) groups excluding carboxylic acids is 2. The van der Waals surface area contributed by atoms with Crippen molar-refractivity contribution in [2.75, 3.05) is 6.61 Å². The number of rotatable bonds is 7. The van der Waals surface area contributed by atoms with Gasteiger partial charge in [-0.15, -0.1) is 0 Å². The SMILES string of the molecule is CCCCCOC(=O)C(C)NC(=O)c1ccccc1F. The minimum absolute atomic E-state index is 0.0851. The maximum Gasteiger partial charge on any atom is 0.328 e. The van der Waals surface area contributed by atoms with E-state index in [1.807, 2.05) is 0 Å². The number of carbonyl (C=O) groups is 2. The Kier molecular flexibility index (Phi) is 6.70. The van der Waals surface area contributed by atoms with Crippen molar-refractivity contribution in [1.82, 2.24) is 5.32 Å². The first-order valence-corrected chi connectivity index (χ1v) is 6.78. The van der Waals surface area contributed by atoms with E-state index in [1.54, 1.807) is 6.07 Å². The lowest BCUT2D eigenvalue weighted by molar-refractivity contribution is -0.145. The summed E-state index contributed by atoms with van der Waals surface area (Å²) in [6.07, 6.45) is 2.83. The number of benzene rings is 1. The summed E-state index contributed by atoms with van der Waals surface area (Å²) >= 11 is 0. The van der Waals surface area contributed by atoms with Crippen LogP contribution < -0.4 is 5.32 Å². The van der Waals surface area contributed by atoms with Gasteiger partial charge in [0.1, 0.15) is 11.9 Å². The molecule has 1 amide bonds. The number of hydrogen-bond donors (Lipinski definition) is 1. The molecule has 110 valence electrons. The third kappa shape index (κ3) is 4.99. The zero-order valence-electron chi connectivity index (χ0n) is 11.8. The first-order valence-electron chi connectivity index (χ1n) is 6.78. The van der Waals surface area contributed by atoms with E-state index < -0.39 is 23.7 Å². The quantitative estimate of drug-likeness (QED) is 0.617. The molecule has 1 N–H and O–H groups in total. The molecule has 5 heteroatoms. The minimum Gasteiger partial charge on any atom is -0.464 e. The zero-order chi connectivity index (χ0) is 15.0. The Morgan fingerprint density at radius 2 is 2.00 bits per heavy atom. The van der Waals surface area contributed by atoms with Gasteiger partial charge < -0.3 is 10.1 Å². The number of unbranched alkanes of at least 4 members (excludes halogenated alkanes) is 2. The largest absolute Gasteiger partial charge is 0.464 e. The van der Waals surface area contributed by atoms with Gasteiger partial charge in [-0.3, -0.25) is 4.79 Å². The van der Waals surface area contributed by atoms with Crippen LogP contribution >= 0.6 is 0 Å². The van der Waals surface area contributed by atoms with Gasteiger partial charge in [0, 0.05) is 0 Å². The molecule has 1 unspecified atom stereocenters. The fourth-order valence-corrected chi connectivity index (χ4v) is 1.63. The molecule has 0 saturated carbocycles. The second kappa shape index (κ2) is 8.30. The summed E-state index contributed by atoms with van der Waals surface area (Å²) < 4.78 is 18.4. The van der Waals surface area contributed by atoms with Gasteiger partial charge in [0.05, 0.1) is 12.2 Å². The molecular formula is C15H20FNO3. The first-order chi connectivity index (χ1) is 9.56. The van der Waals surface area contributed by atoms with Crippen LogP contribution in [0.2, 0.25) is 0 Å². The van der Waals surface area contributed by atoms with Gasteiger partial charge in [0.25, 0.3) is 5.91 Å². The van der Waals surface area contributed by atoms with Crippen molar-refractivity contribution < 1.29 is 18.7 Å². The molecule has 0 saturated heterocycles. The summed E-state index contributed by atoms with van der Waals surface area (Å²) in [4.78, 5) is 23.4. The number of nitrogens with one attached hydrogen (secondary N) is 1. The number of hydrogen-bond acceptors (Lipinski definition) is 3. The maximum atomic E-state index is 13.4. The molecule has 0 aromatic heterocycles. The van der Waals surface area contributed by atoms with Crippen molar-refractivity contribution in [1.29, 1.82) is 0 Å². The molecule has 0 aliphatic carbocycles. The molecule has 0 spiro atoms. The van der Waals surface area contributed by atoms with Crippen molar-refractivity contribution in [2.45, 2.75) is 39.2 Å². The highest BCUT2D eigenvalue weighted by Crippen LogP contribution is 2.06. The Morgan fingerprint density at radius 1 is 1.30 bits per heavy atom. The zero-order valence-corrected chi connectivity index (χ0v) is 11.8. The van der Waals surface area contributed by atoms with Crippen LogP contribution in [0.3, 0.4) is 0 Å². The topological polar surface area (TPSA) is 55.4 Å². The van der Waals surface area contributed by atoms with Crippen molar-refractivity contribution in [3.05, 3.63) is 35.6 Å². The molecule has 1 aromatic carbocycles. The summed E-state index contributed by atoms with van der Waals surface area (Å²) in [5, 5.41) is 2.42.